The van der Waals surface area contributed by atoms with Crippen LogP contribution in [-0.2, 0) is 27.2 Å². The Bertz CT molecular complexity index is 1380. The third-order valence-electron chi connectivity index (χ3n) is 8.41. The van der Waals surface area contributed by atoms with E-state index in [0.29, 0.717) is 31.4 Å². The van der Waals surface area contributed by atoms with Crippen molar-refractivity contribution in [3.05, 3.63) is 76.9 Å². The molecule has 4 rings (SSSR count). The highest BCUT2D eigenvalue weighted by Gasteiger charge is 2.51. The van der Waals surface area contributed by atoms with Gasteiger partial charge in [-0.05, 0) is 61.8 Å². The number of alkyl halides is 3. The highest BCUT2D eigenvalue weighted by atomic mass is 35.6. The van der Waals surface area contributed by atoms with Crippen LogP contribution in [-0.4, -0.2) is 92.5 Å². The van der Waals surface area contributed by atoms with E-state index in [2.05, 4.69) is 0 Å². The first-order valence-electron chi connectivity index (χ1n) is 14.8. The fourth-order valence-electron chi connectivity index (χ4n) is 5.72. The Labute approximate surface area is 274 Å². The molecule has 2 aromatic rings. The zero-order valence-corrected chi connectivity index (χ0v) is 27.8. The number of halogens is 3. The second-order valence-corrected chi connectivity index (χ2v) is 14.2. The van der Waals surface area contributed by atoms with E-state index in [-0.39, 0.29) is 31.5 Å². The van der Waals surface area contributed by atoms with Crippen molar-refractivity contribution in [2.45, 2.75) is 67.9 Å². The summed E-state index contributed by atoms with van der Waals surface area (Å²) in [6, 6.07) is 16.6. The number of rotatable bonds is 9. The van der Waals surface area contributed by atoms with Crippen molar-refractivity contribution in [2.24, 2.45) is 0 Å². The second-order valence-electron chi connectivity index (χ2n) is 12.0. The molecular formula is C33H40Cl3N3O5. The molecule has 1 saturated heterocycles. The smallest absolute Gasteiger partial charge is 0.411 e. The van der Waals surface area contributed by atoms with E-state index in [0.717, 1.165) is 28.7 Å². The van der Waals surface area contributed by atoms with Crippen LogP contribution in [0.5, 0.6) is 0 Å². The Morgan fingerprint density at radius 3 is 2.20 bits per heavy atom. The fourth-order valence-corrected chi connectivity index (χ4v) is 5.84. The number of carbonyl (C=O) groups is 3. The van der Waals surface area contributed by atoms with Crippen molar-refractivity contribution in [3.63, 3.8) is 0 Å². The molecule has 2 heterocycles. The van der Waals surface area contributed by atoms with Gasteiger partial charge in [-0.15, -0.1) is 0 Å². The maximum Gasteiger partial charge on any atom is 0.411 e. The third-order valence-corrected chi connectivity index (χ3v) is 9.78. The van der Waals surface area contributed by atoms with Crippen molar-refractivity contribution in [1.29, 1.82) is 0 Å². The van der Waals surface area contributed by atoms with Crippen LogP contribution >= 0.6 is 34.8 Å². The van der Waals surface area contributed by atoms with E-state index < -0.39 is 27.6 Å². The molecule has 2 aliphatic heterocycles. The molecule has 0 spiro atoms. The molecule has 2 aromatic carbocycles. The average molecular weight is 665 g/mol. The van der Waals surface area contributed by atoms with E-state index >= 15 is 0 Å². The summed E-state index contributed by atoms with van der Waals surface area (Å²) in [7, 11) is 1.75. The quantitative estimate of drug-likeness (QED) is 0.350. The number of fused-ring (bicyclic) bond motifs is 2. The van der Waals surface area contributed by atoms with Crippen molar-refractivity contribution < 1.29 is 24.2 Å². The summed E-state index contributed by atoms with van der Waals surface area (Å²) in [5, 5.41) is 9.25. The average Bonchev–Trinajstić information content (AvgIpc) is 2.97. The minimum absolute atomic E-state index is 0.109. The highest BCUT2D eigenvalue weighted by molar-refractivity contribution is 6.68. The molecule has 1 fully saturated rings. The third kappa shape index (κ3) is 7.71. The van der Waals surface area contributed by atoms with E-state index in [1.165, 1.54) is 20.8 Å². The summed E-state index contributed by atoms with van der Waals surface area (Å²) in [5.74, 6) is -0.372. The number of piperazine rings is 1. The summed E-state index contributed by atoms with van der Waals surface area (Å²) < 4.78 is 3.89. The zero-order chi connectivity index (χ0) is 32.2. The predicted octanol–water partition coefficient (Wildman–Crippen LogP) is 5.66. The van der Waals surface area contributed by atoms with Crippen molar-refractivity contribution in [3.8, 4) is 0 Å². The summed E-state index contributed by atoms with van der Waals surface area (Å²) >= 11 is 18.4. The van der Waals surface area contributed by atoms with Crippen molar-refractivity contribution >= 4 is 58.3 Å². The topological polar surface area (TPSA) is 90.4 Å². The molecule has 1 N–H and O–H groups in total. The molecule has 11 heteroatoms. The molecule has 44 heavy (non-hydrogen) atoms. The van der Waals surface area contributed by atoms with Gasteiger partial charge in [0.15, 0.2) is 5.60 Å². The van der Waals surface area contributed by atoms with Crippen LogP contribution < -0.4 is 0 Å². The van der Waals surface area contributed by atoms with Gasteiger partial charge in [0.1, 0.15) is 0 Å². The van der Waals surface area contributed by atoms with Crippen molar-refractivity contribution in [1.82, 2.24) is 14.7 Å². The van der Waals surface area contributed by atoms with Crippen LogP contribution in [0.25, 0.3) is 5.57 Å². The number of hydrogen-bond donors (Lipinski definition) is 1. The lowest BCUT2D eigenvalue weighted by atomic mass is 9.81. The maximum absolute atomic E-state index is 14.4. The predicted molar refractivity (Wildman–Crippen MR) is 174 cm³/mol. The lowest BCUT2D eigenvalue weighted by molar-refractivity contribution is -0.135. The number of hydrogen-bond acceptors (Lipinski definition) is 5. The number of likely N-dealkylation sites (N-methyl/N-ethyl adjacent to an activating group) is 1. The van der Waals surface area contributed by atoms with Crippen LogP contribution in [0.3, 0.4) is 0 Å². The van der Waals surface area contributed by atoms with E-state index in [1.807, 2.05) is 54.6 Å². The van der Waals surface area contributed by atoms with E-state index in [1.54, 1.807) is 21.7 Å². The van der Waals surface area contributed by atoms with Crippen LogP contribution in [0.1, 0.15) is 50.3 Å². The number of ether oxygens (including phenoxy) is 1. The normalized spacial score (nSPS) is 18.7. The number of benzene rings is 2. The summed E-state index contributed by atoms with van der Waals surface area (Å²) in [6.45, 7) is 5.48. The molecule has 238 valence electrons. The summed E-state index contributed by atoms with van der Waals surface area (Å²) in [6.07, 6.45) is 1.66. The Morgan fingerprint density at radius 1 is 0.977 bits per heavy atom. The SMILES string of the molecule is CC(=O)N1CC2CC(c3ccc(CCCO)cc3)=C(C(=O)N(C)CCc3ccccc3)C(C1)N2C(=O)OC(C)(C)C(Cl)(Cl)Cl. The molecule has 8 nitrogen and oxygen atoms in total. The van der Waals surface area contributed by atoms with Gasteiger partial charge in [0.2, 0.25) is 9.70 Å². The largest absolute Gasteiger partial charge is 0.439 e. The van der Waals surface area contributed by atoms with Gasteiger partial charge in [0, 0.05) is 45.8 Å². The van der Waals surface area contributed by atoms with E-state index in [9.17, 15) is 19.5 Å². The van der Waals surface area contributed by atoms with Gasteiger partial charge in [0.25, 0.3) is 5.91 Å². The Balaban J connectivity index is 1.77. The van der Waals surface area contributed by atoms with Crippen LogP contribution in [0.4, 0.5) is 4.79 Å². The van der Waals surface area contributed by atoms with Gasteiger partial charge < -0.3 is 19.6 Å². The summed E-state index contributed by atoms with van der Waals surface area (Å²) in [4.78, 5) is 45.7. The number of aliphatic hydroxyl groups excluding tert-OH is 1. The number of nitrogens with zero attached hydrogens (tertiary/aromatic N) is 3. The lowest BCUT2D eigenvalue weighted by Crippen LogP contribution is -2.65. The molecule has 0 radical (unpaired) electrons. The first-order valence-corrected chi connectivity index (χ1v) is 15.9. The Kier molecular flexibility index (Phi) is 10.9. The van der Waals surface area contributed by atoms with Gasteiger partial charge in [-0.2, -0.15) is 0 Å². The van der Waals surface area contributed by atoms with Crippen molar-refractivity contribution in [2.75, 3.05) is 33.3 Å². The van der Waals surface area contributed by atoms with Crippen LogP contribution in [0, 0.1) is 0 Å². The number of carbonyl (C=O) groups excluding carboxylic acids is 3. The monoisotopic (exact) mass is 663 g/mol. The molecular weight excluding hydrogens is 625 g/mol. The zero-order valence-electron chi connectivity index (χ0n) is 25.6. The van der Waals surface area contributed by atoms with Gasteiger partial charge in [-0.3, -0.25) is 14.5 Å². The van der Waals surface area contributed by atoms with Gasteiger partial charge in [0.05, 0.1) is 12.1 Å². The lowest BCUT2D eigenvalue weighted by Gasteiger charge is -2.51. The molecule has 2 aliphatic rings. The van der Waals surface area contributed by atoms with Crippen LogP contribution in [0.15, 0.2) is 60.2 Å². The molecule has 0 aromatic heterocycles. The standard InChI is InChI=1S/C33H40Cl3N3O5/c1-22(41)38-20-26-19-27(25-14-12-24(13-15-25)11-8-18-40)29(30(42)37(4)17-16-23-9-6-5-7-10-23)28(21-38)39(26)31(43)44-32(2,3)33(34,35)36/h5-7,9-10,12-15,26,28,40H,8,11,16-21H2,1-4H3. The minimum Gasteiger partial charge on any atom is -0.439 e. The molecule has 2 bridgehead atoms. The summed E-state index contributed by atoms with van der Waals surface area (Å²) in [5.41, 5.74) is 2.86. The molecule has 2 atom stereocenters. The molecule has 3 amide bonds. The Morgan fingerprint density at radius 2 is 1.61 bits per heavy atom. The van der Waals surface area contributed by atoms with E-state index in [4.69, 9.17) is 39.5 Å². The van der Waals surface area contributed by atoms with Gasteiger partial charge in [-0.25, -0.2) is 4.79 Å². The molecule has 2 unspecified atom stereocenters. The van der Waals surface area contributed by atoms with Gasteiger partial charge in [-0.1, -0.05) is 89.4 Å². The Hall–Kier alpha value is -2.78. The minimum atomic E-state index is -1.89. The number of aryl methyl sites for hydroxylation is 1. The first-order chi connectivity index (χ1) is 20.7. The number of amides is 3. The maximum atomic E-state index is 14.4. The molecule has 0 saturated carbocycles. The highest BCUT2D eigenvalue weighted by Crippen LogP contribution is 2.43. The fraction of sp³-hybridized carbons (Fsp3) is 0.485. The first kappa shape index (κ1) is 34.1. The second kappa shape index (κ2) is 14.1. The van der Waals surface area contributed by atoms with Crippen LogP contribution in [0.2, 0.25) is 0 Å². The molecule has 0 aliphatic carbocycles. The number of aliphatic hydroxyl groups is 1. The van der Waals surface area contributed by atoms with Gasteiger partial charge >= 0.3 is 6.09 Å².